The number of benzene rings is 4. The van der Waals surface area contributed by atoms with E-state index >= 15 is 0 Å². The van der Waals surface area contributed by atoms with Crippen LogP contribution in [0.5, 0.6) is 0 Å². The minimum Gasteiger partial charge on any atom is -0.319 e. The van der Waals surface area contributed by atoms with Gasteiger partial charge >= 0.3 is 0 Å². The van der Waals surface area contributed by atoms with Crippen molar-refractivity contribution in [2.75, 3.05) is 9.80 Å². The highest BCUT2D eigenvalue weighted by Gasteiger charge is 2.54. The van der Waals surface area contributed by atoms with Gasteiger partial charge in [0.1, 0.15) is 17.8 Å². The Bertz CT molecular complexity index is 2000. The van der Waals surface area contributed by atoms with E-state index in [9.17, 15) is 0 Å². The SMILES string of the molecule is C1=C(c2ccc(N3C4=NC(C5CCCCC5)=NC5C4B(c4cc(C6CCCCC6)ccc43)c3ccccc3N5c3ccccc3)cc2)CCCC1. The lowest BCUT2D eigenvalue weighted by Gasteiger charge is -2.52. The largest absolute Gasteiger partial charge is 0.319 e. The Morgan fingerprint density at radius 3 is 2.12 bits per heavy atom. The molecule has 2 saturated carbocycles. The van der Waals surface area contributed by atoms with E-state index in [4.69, 9.17) is 9.98 Å². The van der Waals surface area contributed by atoms with Crippen LogP contribution in [0.25, 0.3) is 5.57 Å². The van der Waals surface area contributed by atoms with Crippen molar-refractivity contribution in [1.29, 1.82) is 0 Å². The van der Waals surface area contributed by atoms with Crippen molar-refractivity contribution < 1.29 is 0 Å². The Balaban J connectivity index is 1.20. The van der Waals surface area contributed by atoms with Crippen LogP contribution in [0.15, 0.2) is 113 Å². The smallest absolute Gasteiger partial charge is 0.230 e. The molecule has 3 aliphatic carbocycles. The van der Waals surface area contributed by atoms with Gasteiger partial charge in [-0.15, -0.1) is 0 Å². The number of anilines is 4. The molecule has 4 nitrogen and oxygen atoms in total. The quantitative estimate of drug-likeness (QED) is 0.198. The lowest BCUT2D eigenvalue weighted by atomic mass is 9.29. The molecule has 0 saturated heterocycles. The molecule has 2 unspecified atom stereocenters. The van der Waals surface area contributed by atoms with Crippen molar-refractivity contribution in [2.45, 2.75) is 108 Å². The summed E-state index contributed by atoms with van der Waals surface area (Å²) in [5.74, 6) is 3.40. The molecule has 3 heterocycles. The van der Waals surface area contributed by atoms with Gasteiger partial charge in [0.2, 0.25) is 6.71 Å². The normalized spacial score (nSPS) is 23.5. The van der Waals surface area contributed by atoms with Crippen LogP contribution in [0.4, 0.5) is 22.7 Å². The van der Waals surface area contributed by atoms with E-state index in [-0.39, 0.29) is 18.7 Å². The molecule has 0 N–H and O–H groups in total. The molecule has 2 atom stereocenters. The number of hydrogen-bond donors (Lipinski definition) is 0. The monoisotopic (exact) mass is 668 g/mol. The summed E-state index contributed by atoms with van der Waals surface area (Å²) in [4.78, 5) is 16.6. The molecule has 10 rings (SSSR count). The highest BCUT2D eigenvalue weighted by Crippen LogP contribution is 2.48. The molecule has 0 amide bonds. The van der Waals surface area contributed by atoms with Crippen LogP contribution in [0.2, 0.25) is 5.82 Å². The number of aliphatic imine (C=N–C) groups is 2. The first-order valence-electron chi connectivity index (χ1n) is 20.1. The summed E-state index contributed by atoms with van der Waals surface area (Å²) >= 11 is 0. The van der Waals surface area contributed by atoms with E-state index in [0.29, 0.717) is 11.8 Å². The number of rotatable bonds is 5. The first kappa shape index (κ1) is 31.4. The Kier molecular flexibility index (Phi) is 8.19. The molecule has 6 aliphatic rings. The summed E-state index contributed by atoms with van der Waals surface area (Å²) in [5.41, 5.74) is 12.3. The van der Waals surface area contributed by atoms with Crippen LogP contribution in [-0.2, 0) is 0 Å². The molecular formula is C46H49BN4. The fourth-order valence-corrected chi connectivity index (χ4v) is 10.4. The van der Waals surface area contributed by atoms with Gasteiger partial charge in [0.15, 0.2) is 0 Å². The summed E-state index contributed by atoms with van der Waals surface area (Å²) in [6.45, 7) is 0.183. The molecule has 3 aliphatic heterocycles. The third-order valence-corrected chi connectivity index (χ3v) is 13.0. The minimum absolute atomic E-state index is 0.0719. The Morgan fingerprint density at radius 1 is 0.608 bits per heavy atom. The van der Waals surface area contributed by atoms with Gasteiger partial charge in [0.25, 0.3) is 0 Å². The molecule has 51 heavy (non-hydrogen) atoms. The van der Waals surface area contributed by atoms with Crippen LogP contribution in [0.3, 0.4) is 0 Å². The van der Waals surface area contributed by atoms with Gasteiger partial charge in [-0.25, -0.2) is 9.98 Å². The molecule has 0 spiro atoms. The topological polar surface area (TPSA) is 31.2 Å². The van der Waals surface area contributed by atoms with Crippen molar-refractivity contribution in [3.05, 3.63) is 114 Å². The van der Waals surface area contributed by atoms with Gasteiger partial charge in [-0.1, -0.05) is 105 Å². The van der Waals surface area contributed by atoms with E-state index in [1.165, 1.54) is 146 Å². The zero-order valence-electron chi connectivity index (χ0n) is 29.9. The number of hydrogen-bond acceptors (Lipinski definition) is 4. The van der Waals surface area contributed by atoms with Crippen LogP contribution < -0.4 is 20.7 Å². The number of fused-ring (bicyclic) bond motifs is 4. The Hall–Kier alpha value is -4.38. The van der Waals surface area contributed by atoms with Gasteiger partial charge < -0.3 is 4.90 Å². The van der Waals surface area contributed by atoms with Crippen molar-refractivity contribution in [3.63, 3.8) is 0 Å². The van der Waals surface area contributed by atoms with E-state index in [2.05, 4.69) is 113 Å². The molecule has 256 valence electrons. The van der Waals surface area contributed by atoms with E-state index in [1.54, 1.807) is 0 Å². The van der Waals surface area contributed by atoms with Crippen LogP contribution in [-0.4, -0.2) is 24.5 Å². The molecule has 0 bridgehead atoms. The summed E-state index contributed by atoms with van der Waals surface area (Å²) in [7, 11) is 0. The lowest BCUT2D eigenvalue weighted by molar-refractivity contribution is 0.434. The summed E-state index contributed by atoms with van der Waals surface area (Å²) in [5, 5.41) is 0. The van der Waals surface area contributed by atoms with E-state index < -0.39 is 0 Å². The first-order valence-corrected chi connectivity index (χ1v) is 20.1. The van der Waals surface area contributed by atoms with Crippen LogP contribution in [0.1, 0.15) is 107 Å². The fraction of sp³-hybridized carbons (Fsp3) is 0.391. The zero-order valence-corrected chi connectivity index (χ0v) is 29.9. The van der Waals surface area contributed by atoms with Gasteiger partial charge in [-0.05, 0) is 121 Å². The highest BCUT2D eigenvalue weighted by molar-refractivity contribution is 6.92. The van der Waals surface area contributed by atoms with Gasteiger partial charge in [0, 0.05) is 34.5 Å². The van der Waals surface area contributed by atoms with E-state index in [1.807, 2.05) is 0 Å². The summed E-state index contributed by atoms with van der Waals surface area (Å²) in [6, 6.07) is 37.3. The molecule has 4 aromatic rings. The Morgan fingerprint density at radius 2 is 1.35 bits per heavy atom. The maximum atomic E-state index is 5.78. The van der Waals surface area contributed by atoms with E-state index in [0.717, 1.165) is 5.84 Å². The average molecular weight is 669 g/mol. The third-order valence-electron chi connectivity index (χ3n) is 13.0. The predicted molar refractivity (Wildman–Crippen MR) is 216 cm³/mol. The summed E-state index contributed by atoms with van der Waals surface area (Å²) in [6.07, 6.45) is 20.3. The fourth-order valence-electron chi connectivity index (χ4n) is 10.4. The van der Waals surface area contributed by atoms with Crippen molar-refractivity contribution in [3.8, 4) is 0 Å². The maximum absolute atomic E-state index is 5.78. The lowest BCUT2D eigenvalue weighted by Crippen LogP contribution is -2.66. The van der Waals surface area contributed by atoms with Crippen molar-refractivity contribution in [2.24, 2.45) is 15.9 Å². The van der Waals surface area contributed by atoms with Crippen LogP contribution >= 0.6 is 0 Å². The average Bonchev–Trinajstić information content (AvgIpc) is 3.22. The van der Waals surface area contributed by atoms with Crippen LogP contribution in [0, 0.1) is 5.92 Å². The zero-order chi connectivity index (χ0) is 33.7. The number of nitrogens with zero attached hydrogens (tertiary/aromatic N) is 4. The number of amidine groups is 2. The second-order valence-electron chi connectivity index (χ2n) is 16.0. The minimum atomic E-state index is -0.0719. The van der Waals surface area contributed by atoms with Gasteiger partial charge in [-0.2, -0.15) is 0 Å². The Labute approximate surface area is 304 Å². The highest BCUT2D eigenvalue weighted by atomic mass is 15.3. The molecule has 5 heteroatoms. The number of allylic oxidation sites excluding steroid dienone is 2. The van der Waals surface area contributed by atoms with Gasteiger partial charge in [0.05, 0.1) is 0 Å². The first-order chi connectivity index (χ1) is 25.3. The molecular weight excluding hydrogens is 619 g/mol. The second-order valence-corrected chi connectivity index (χ2v) is 16.0. The molecule has 0 aromatic heterocycles. The van der Waals surface area contributed by atoms with Gasteiger partial charge in [-0.3, -0.25) is 4.90 Å². The second kappa shape index (κ2) is 13.3. The molecule has 4 aromatic carbocycles. The maximum Gasteiger partial charge on any atom is 0.230 e. The summed E-state index contributed by atoms with van der Waals surface area (Å²) < 4.78 is 0. The number of para-hydroxylation sites is 2. The standard InChI is InChI=1S/C46H49BN4/c1-5-15-32(16-6-1)34-25-28-38(29-26-34)51-42-30-27-36(33-17-7-2-8-18-33)31-40(42)47-39-23-13-14-24-41(39)50(37-21-11-4-12-22-37)45-43(47)46(51)49-44(48-45)35-19-9-3-10-20-35/h4,11-15,21-31,33,35,43,45H,1-3,5-10,16-20H2. The van der Waals surface area contributed by atoms with Crippen molar-refractivity contribution >= 4 is 57.6 Å². The third kappa shape index (κ3) is 5.50. The van der Waals surface area contributed by atoms with Crippen molar-refractivity contribution in [1.82, 2.24) is 0 Å². The molecule has 2 fully saturated rings. The molecule has 0 radical (unpaired) electrons. The predicted octanol–water partition coefficient (Wildman–Crippen LogP) is 10.7.